The van der Waals surface area contributed by atoms with Gasteiger partial charge in [0.25, 0.3) is 5.91 Å². The van der Waals surface area contributed by atoms with E-state index >= 15 is 0 Å². The molecule has 0 radical (unpaired) electrons. The smallest absolute Gasteiger partial charge is 0.373 e. The van der Waals surface area contributed by atoms with Gasteiger partial charge in [-0.1, -0.05) is 12.1 Å². The number of carbonyl (C=O) groups excluding carboxylic acids is 2. The average Bonchev–Trinajstić information content (AvgIpc) is 2.69. The van der Waals surface area contributed by atoms with Gasteiger partial charge in [-0.05, 0) is 25.0 Å². The van der Waals surface area contributed by atoms with Gasteiger partial charge < -0.3 is 16.0 Å². The van der Waals surface area contributed by atoms with Crippen molar-refractivity contribution in [2.75, 3.05) is 18.4 Å². The molecule has 5 nitrogen and oxygen atoms in total. The quantitative estimate of drug-likeness (QED) is 0.887. The minimum atomic E-state index is -4.42. The molecule has 1 saturated heterocycles. The first kappa shape index (κ1) is 16.1. The minimum absolute atomic E-state index is 0.0216. The molecule has 0 aliphatic carbocycles. The summed E-state index contributed by atoms with van der Waals surface area (Å²) >= 11 is 0. The third-order valence-corrected chi connectivity index (χ3v) is 3.52. The number of benzene rings is 1. The fraction of sp³-hybridized carbons (Fsp3) is 0.429. The van der Waals surface area contributed by atoms with Crippen molar-refractivity contribution >= 4 is 17.5 Å². The Balaban J connectivity index is 2.15. The molecule has 0 spiro atoms. The van der Waals surface area contributed by atoms with E-state index in [-0.39, 0.29) is 18.5 Å². The van der Waals surface area contributed by atoms with Crippen molar-refractivity contribution in [2.24, 2.45) is 5.73 Å². The lowest BCUT2D eigenvalue weighted by Gasteiger charge is -2.20. The number of carbonyl (C=O) groups is 2. The summed E-state index contributed by atoms with van der Waals surface area (Å²) in [5.41, 5.74) is 6.55. The van der Waals surface area contributed by atoms with Crippen LogP contribution in [0, 0.1) is 6.92 Å². The Morgan fingerprint density at radius 2 is 2.14 bits per heavy atom. The normalized spacial score (nSPS) is 18.6. The molecule has 1 atom stereocenters. The molecule has 22 heavy (non-hydrogen) atoms. The molecule has 1 aromatic carbocycles. The van der Waals surface area contributed by atoms with Gasteiger partial charge >= 0.3 is 6.18 Å². The second kappa shape index (κ2) is 5.86. The fourth-order valence-corrected chi connectivity index (χ4v) is 2.55. The molecule has 3 N–H and O–H groups in total. The molecule has 1 aliphatic heterocycles. The van der Waals surface area contributed by atoms with Crippen LogP contribution >= 0.6 is 0 Å². The van der Waals surface area contributed by atoms with Gasteiger partial charge in [0.15, 0.2) is 0 Å². The van der Waals surface area contributed by atoms with E-state index in [0.717, 1.165) is 4.90 Å². The molecule has 1 fully saturated rings. The van der Waals surface area contributed by atoms with E-state index in [2.05, 4.69) is 5.32 Å². The first-order chi connectivity index (χ1) is 10.2. The number of aryl methyl sites for hydroxylation is 1. The van der Waals surface area contributed by atoms with Crippen LogP contribution in [-0.2, 0) is 4.79 Å². The van der Waals surface area contributed by atoms with Crippen molar-refractivity contribution < 1.29 is 22.8 Å². The molecular formula is C14H16F3N3O2. The Bertz CT molecular complexity index is 601. The third-order valence-electron chi connectivity index (χ3n) is 3.52. The summed E-state index contributed by atoms with van der Waals surface area (Å²) in [6.07, 6.45) is -4.19. The summed E-state index contributed by atoms with van der Waals surface area (Å²) in [4.78, 5) is 24.3. The Hall–Kier alpha value is -2.25. The fourth-order valence-electron chi connectivity index (χ4n) is 2.55. The molecule has 0 aromatic heterocycles. The lowest BCUT2D eigenvalue weighted by atomic mass is 10.1. The zero-order chi connectivity index (χ0) is 16.5. The van der Waals surface area contributed by atoms with Crippen LogP contribution in [0.25, 0.3) is 0 Å². The Morgan fingerprint density at radius 3 is 2.73 bits per heavy atom. The number of nitrogens with one attached hydrogen (secondary N) is 1. The molecule has 2 amide bonds. The van der Waals surface area contributed by atoms with Crippen molar-refractivity contribution in [2.45, 2.75) is 25.6 Å². The lowest BCUT2D eigenvalue weighted by Crippen LogP contribution is -2.39. The number of primary amides is 1. The van der Waals surface area contributed by atoms with Gasteiger partial charge in [-0.3, -0.25) is 9.59 Å². The molecule has 8 heteroatoms. The summed E-state index contributed by atoms with van der Waals surface area (Å²) in [6.45, 7) is 0.450. The summed E-state index contributed by atoms with van der Waals surface area (Å²) in [5.74, 6) is -1.28. The van der Waals surface area contributed by atoms with Crippen molar-refractivity contribution in [1.82, 2.24) is 4.90 Å². The minimum Gasteiger partial charge on any atom is -0.373 e. The van der Waals surface area contributed by atoms with Crippen molar-refractivity contribution in [1.29, 1.82) is 0 Å². The summed E-state index contributed by atoms with van der Waals surface area (Å²) in [6, 6.07) is 4.16. The second-order valence-corrected chi connectivity index (χ2v) is 5.22. The average molecular weight is 315 g/mol. The maximum absolute atomic E-state index is 12.4. The maximum atomic E-state index is 12.4. The van der Waals surface area contributed by atoms with Gasteiger partial charge in [0.05, 0.1) is 5.56 Å². The lowest BCUT2D eigenvalue weighted by molar-refractivity contribution is -0.157. The van der Waals surface area contributed by atoms with E-state index in [0.29, 0.717) is 11.3 Å². The van der Waals surface area contributed by atoms with Crippen LogP contribution in [0.2, 0.25) is 0 Å². The van der Waals surface area contributed by atoms with E-state index in [1.165, 1.54) is 0 Å². The molecule has 0 bridgehead atoms. The SMILES string of the molecule is Cc1cccc(N[C@H]2CCN(CC(F)(F)F)C2=O)c1C(N)=O. The van der Waals surface area contributed by atoms with Crippen LogP contribution in [0.3, 0.4) is 0 Å². The number of anilines is 1. The van der Waals surface area contributed by atoms with Crippen molar-refractivity contribution in [3.63, 3.8) is 0 Å². The zero-order valence-corrected chi connectivity index (χ0v) is 11.9. The van der Waals surface area contributed by atoms with Gasteiger partial charge in [0, 0.05) is 12.2 Å². The molecule has 1 heterocycles. The third kappa shape index (κ3) is 3.49. The largest absolute Gasteiger partial charge is 0.406 e. The highest BCUT2D eigenvalue weighted by Crippen LogP contribution is 2.25. The van der Waals surface area contributed by atoms with E-state index in [1.807, 2.05) is 0 Å². The van der Waals surface area contributed by atoms with E-state index < -0.39 is 30.6 Å². The Labute approximate surface area is 125 Å². The molecular weight excluding hydrogens is 299 g/mol. The molecule has 120 valence electrons. The van der Waals surface area contributed by atoms with Crippen LogP contribution in [0.4, 0.5) is 18.9 Å². The molecule has 1 aliphatic rings. The number of nitrogens with zero attached hydrogens (tertiary/aromatic N) is 1. The number of likely N-dealkylation sites (tertiary alicyclic amines) is 1. The van der Waals surface area contributed by atoms with E-state index in [9.17, 15) is 22.8 Å². The number of hydrogen-bond donors (Lipinski definition) is 2. The summed E-state index contributed by atoms with van der Waals surface area (Å²) in [7, 11) is 0. The highest BCUT2D eigenvalue weighted by Gasteiger charge is 2.39. The molecule has 1 aromatic rings. The number of nitrogens with two attached hydrogens (primary N) is 1. The van der Waals surface area contributed by atoms with Gasteiger partial charge in [-0.15, -0.1) is 0 Å². The number of halogens is 3. The van der Waals surface area contributed by atoms with Crippen LogP contribution in [-0.4, -0.2) is 42.0 Å². The number of alkyl halides is 3. The van der Waals surface area contributed by atoms with E-state index in [1.54, 1.807) is 25.1 Å². The zero-order valence-electron chi connectivity index (χ0n) is 11.9. The predicted octanol–water partition coefficient (Wildman–Crippen LogP) is 1.67. The van der Waals surface area contributed by atoms with E-state index in [4.69, 9.17) is 5.73 Å². The summed E-state index contributed by atoms with van der Waals surface area (Å²) in [5, 5.41) is 2.84. The van der Waals surface area contributed by atoms with Crippen LogP contribution < -0.4 is 11.1 Å². The summed E-state index contributed by atoms with van der Waals surface area (Å²) < 4.78 is 37.1. The molecule has 2 rings (SSSR count). The first-order valence-corrected chi connectivity index (χ1v) is 6.70. The number of rotatable bonds is 4. The maximum Gasteiger partial charge on any atom is 0.406 e. The van der Waals surface area contributed by atoms with Gasteiger partial charge in [0.2, 0.25) is 5.91 Å². The Morgan fingerprint density at radius 1 is 1.45 bits per heavy atom. The van der Waals surface area contributed by atoms with Crippen LogP contribution in [0.1, 0.15) is 22.3 Å². The van der Waals surface area contributed by atoms with Crippen LogP contribution in [0.15, 0.2) is 18.2 Å². The van der Waals surface area contributed by atoms with Crippen molar-refractivity contribution in [3.05, 3.63) is 29.3 Å². The first-order valence-electron chi connectivity index (χ1n) is 6.70. The van der Waals surface area contributed by atoms with Gasteiger partial charge in [0.1, 0.15) is 12.6 Å². The topological polar surface area (TPSA) is 75.4 Å². The van der Waals surface area contributed by atoms with Crippen LogP contribution in [0.5, 0.6) is 0 Å². The van der Waals surface area contributed by atoms with Gasteiger partial charge in [-0.25, -0.2) is 0 Å². The highest BCUT2D eigenvalue weighted by atomic mass is 19.4. The van der Waals surface area contributed by atoms with Crippen molar-refractivity contribution in [3.8, 4) is 0 Å². The Kier molecular flexibility index (Phi) is 4.30. The standard InChI is InChI=1S/C14H16F3N3O2/c1-8-3-2-4-9(11(8)12(18)21)19-10-5-6-20(13(10)22)7-14(15,16)17/h2-4,10,19H,5-7H2,1H3,(H2,18,21)/t10-/m0/s1. The van der Waals surface area contributed by atoms with Gasteiger partial charge in [-0.2, -0.15) is 13.2 Å². The molecule has 0 saturated carbocycles. The number of amides is 2. The monoisotopic (exact) mass is 315 g/mol. The highest BCUT2D eigenvalue weighted by molar-refractivity contribution is 6.00. The number of hydrogen-bond acceptors (Lipinski definition) is 3. The second-order valence-electron chi connectivity index (χ2n) is 5.22. The predicted molar refractivity (Wildman–Crippen MR) is 74.4 cm³/mol. The molecule has 0 unspecified atom stereocenters.